The van der Waals surface area contributed by atoms with E-state index in [1.807, 2.05) is 6.20 Å². The Hall–Kier alpha value is -3.91. The van der Waals surface area contributed by atoms with Gasteiger partial charge in [-0.05, 0) is 49.2 Å². The largest absolute Gasteiger partial charge is 0.383 e. The maximum Gasteiger partial charge on any atom is 0.323 e. The molecule has 2 heterocycles. The van der Waals surface area contributed by atoms with E-state index in [2.05, 4.69) is 25.2 Å². The molecule has 0 atom stereocenters. The van der Waals surface area contributed by atoms with E-state index in [4.69, 9.17) is 17.3 Å². The minimum Gasteiger partial charge on any atom is -0.383 e. The fraction of sp³-hybridized carbons (Fsp3) is 0.200. The van der Waals surface area contributed by atoms with Gasteiger partial charge in [-0.15, -0.1) is 0 Å². The molecule has 4 N–H and O–H groups in total. The van der Waals surface area contributed by atoms with Gasteiger partial charge >= 0.3 is 6.03 Å². The second kappa shape index (κ2) is 9.15. The van der Waals surface area contributed by atoms with Crippen LogP contribution in [-0.4, -0.2) is 26.3 Å². The molecule has 5 rings (SSSR count). The predicted octanol–water partition coefficient (Wildman–Crippen LogP) is 5.66. The Morgan fingerprint density at radius 1 is 1.00 bits per heavy atom. The van der Waals surface area contributed by atoms with Crippen LogP contribution in [0, 0.1) is 0 Å². The highest BCUT2D eigenvalue weighted by atomic mass is 35.5. The number of halogens is 1. The molecule has 0 radical (unpaired) electrons. The molecule has 0 bridgehead atoms. The fourth-order valence-corrected chi connectivity index (χ4v) is 4.63. The number of carbonyl (C=O) groups is 2. The highest BCUT2D eigenvalue weighted by Crippen LogP contribution is 2.35. The zero-order valence-corrected chi connectivity index (χ0v) is 19.0. The Morgan fingerprint density at radius 2 is 1.74 bits per heavy atom. The highest BCUT2D eigenvalue weighted by molar-refractivity contribution is 6.33. The third kappa shape index (κ3) is 4.20. The fourth-order valence-electron chi connectivity index (χ4n) is 4.45. The first kappa shape index (κ1) is 21.9. The number of nitrogens with two attached hydrogens (primary N) is 1. The lowest BCUT2D eigenvalue weighted by Gasteiger charge is -2.12. The average molecular weight is 475 g/mol. The number of carbonyl (C=O) groups excluding carboxylic acids is 2. The van der Waals surface area contributed by atoms with Gasteiger partial charge in [0, 0.05) is 23.5 Å². The molecule has 2 amide bonds. The molecule has 0 saturated heterocycles. The molecule has 0 unspecified atom stereocenters. The molecule has 9 heteroatoms. The van der Waals surface area contributed by atoms with Crippen molar-refractivity contribution in [2.45, 2.75) is 31.7 Å². The van der Waals surface area contributed by atoms with Crippen molar-refractivity contribution in [1.82, 2.24) is 14.5 Å². The number of fused-ring (bicyclic) bond motifs is 1. The van der Waals surface area contributed by atoms with Gasteiger partial charge in [0.05, 0.1) is 21.7 Å². The van der Waals surface area contributed by atoms with Gasteiger partial charge in [-0.3, -0.25) is 4.79 Å². The van der Waals surface area contributed by atoms with E-state index in [9.17, 15) is 9.59 Å². The summed E-state index contributed by atoms with van der Waals surface area (Å²) in [6.45, 7) is 0. The van der Waals surface area contributed by atoms with Crippen LogP contribution in [0.15, 0.2) is 61.1 Å². The van der Waals surface area contributed by atoms with Crippen molar-refractivity contribution in [1.29, 1.82) is 0 Å². The molecule has 1 fully saturated rings. The van der Waals surface area contributed by atoms with E-state index in [-0.39, 0.29) is 5.78 Å². The van der Waals surface area contributed by atoms with E-state index < -0.39 is 6.03 Å². The molecule has 8 nitrogen and oxygen atoms in total. The quantitative estimate of drug-likeness (QED) is 0.323. The number of aromatic nitrogens is 3. The normalized spacial score (nSPS) is 13.8. The molecule has 1 aliphatic rings. The number of ketones is 1. The Balaban J connectivity index is 1.37. The van der Waals surface area contributed by atoms with Crippen LogP contribution in [-0.2, 0) is 0 Å². The zero-order valence-electron chi connectivity index (χ0n) is 18.3. The summed E-state index contributed by atoms with van der Waals surface area (Å²) in [7, 11) is 0. The first-order valence-corrected chi connectivity index (χ1v) is 11.5. The Labute approximate surface area is 201 Å². The molecule has 34 heavy (non-hydrogen) atoms. The van der Waals surface area contributed by atoms with Crippen LogP contribution < -0.4 is 16.4 Å². The summed E-state index contributed by atoms with van der Waals surface area (Å²) in [5, 5.41) is 6.46. The number of benzene rings is 2. The minimum atomic E-state index is -0.434. The molecule has 1 saturated carbocycles. The van der Waals surface area contributed by atoms with Crippen LogP contribution in [0.3, 0.4) is 0 Å². The van der Waals surface area contributed by atoms with Crippen LogP contribution in [0.2, 0.25) is 5.02 Å². The molecular formula is C25H23ClN6O2. The molecule has 4 aromatic rings. The number of hydrogen-bond acceptors (Lipinski definition) is 5. The lowest BCUT2D eigenvalue weighted by Crippen LogP contribution is -2.19. The van der Waals surface area contributed by atoms with Crippen LogP contribution in [0.25, 0.3) is 11.0 Å². The third-order valence-electron chi connectivity index (χ3n) is 6.13. The second-order valence-corrected chi connectivity index (χ2v) is 8.72. The number of rotatable bonds is 5. The van der Waals surface area contributed by atoms with Crippen LogP contribution in [0.5, 0.6) is 0 Å². The number of anilines is 3. The monoisotopic (exact) mass is 474 g/mol. The van der Waals surface area contributed by atoms with Gasteiger partial charge in [0.15, 0.2) is 5.78 Å². The first-order chi connectivity index (χ1) is 16.5. The highest BCUT2D eigenvalue weighted by Gasteiger charge is 2.25. The maximum atomic E-state index is 13.4. The van der Waals surface area contributed by atoms with E-state index in [0.717, 1.165) is 25.7 Å². The lowest BCUT2D eigenvalue weighted by molar-refractivity contribution is 0.104. The number of urea groups is 1. The summed E-state index contributed by atoms with van der Waals surface area (Å²) in [6.07, 6.45) is 7.72. The Morgan fingerprint density at radius 3 is 2.47 bits per heavy atom. The van der Waals surface area contributed by atoms with Gasteiger partial charge in [-0.2, -0.15) is 0 Å². The summed E-state index contributed by atoms with van der Waals surface area (Å²) in [5.74, 6) is 0.120. The number of nitrogens with one attached hydrogen (secondary N) is 2. The first-order valence-electron chi connectivity index (χ1n) is 11.1. The summed E-state index contributed by atoms with van der Waals surface area (Å²) in [6, 6.07) is 13.5. The molecule has 2 aromatic heterocycles. The van der Waals surface area contributed by atoms with E-state index >= 15 is 0 Å². The van der Waals surface area contributed by atoms with Gasteiger partial charge in [-0.1, -0.05) is 36.6 Å². The van der Waals surface area contributed by atoms with Crippen molar-refractivity contribution in [3.63, 3.8) is 0 Å². The summed E-state index contributed by atoms with van der Waals surface area (Å²) in [5.41, 5.74) is 8.86. The standard InChI is InChI=1S/C25H23ClN6O2/c26-19-7-3-4-8-20(19)31-25(34)30-16-11-9-15(10-12-16)22(33)18-13-32(17-5-1-2-6-17)24-21(18)23(27)28-14-29-24/h3-4,7-14,17H,1-2,5-6H2,(H2,27,28,29)(H2,30,31,34). The van der Waals surface area contributed by atoms with Crippen LogP contribution in [0.4, 0.5) is 22.0 Å². The van der Waals surface area contributed by atoms with Gasteiger partial charge in [0.1, 0.15) is 17.8 Å². The third-order valence-corrected chi connectivity index (χ3v) is 6.46. The molecule has 172 valence electrons. The smallest absolute Gasteiger partial charge is 0.323 e. The molecule has 0 aliphatic heterocycles. The van der Waals surface area contributed by atoms with Crippen molar-refractivity contribution in [3.8, 4) is 0 Å². The summed E-state index contributed by atoms with van der Waals surface area (Å²) >= 11 is 6.08. The number of nitrogen functional groups attached to an aromatic ring is 1. The topological polar surface area (TPSA) is 115 Å². The van der Waals surface area contributed by atoms with Crippen molar-refractivity contribution >= 4 is 51.6 Å². The molecular weight excluding hydrogens is 452 g/mol. The summed E-state index contributed by atoms with van der Waals surface area (Å²) in [4.78, 5) is 34.3. The molecule has 1 aliphatic carbocycles. The number of nitrogens with zero attached hydrogens (tertiary/aromatic N) is 3. The maximum absolute atomic E-state index is 13.4. The minimum absolute atomic E-state index is 0.171. The van der Waals surface area contributed by atoms with Crippen LogP contribution in [0.1, 0.15) is 47.6 Å². The predicted molar refractivity (Wildman–Crippen MR) is 133 cm³/mol. The summed E-state index contributed by atoms with van der Waals surface area (Å²) < 4.78 is 2.07. The van der Waals surface area contributed by atoms with E-state index in [1.54, 1.807) is 48.5 Å². The Kier molecular flexibility index (Phi) is 5.90. The molecule has 2 aromatic carbocycles. The average Bonchev–Trinajstić information content (AvgIpc) is 3.49. The van der Waals surface area contributed by atoms with Gasteiger partial charge in [-0.25, -0.2) is 14.8 Å². The van der Waals surface area contributed by atoms with Gasteiger partial charge in [0.2, 0.25) is 0 Å². The zero-order chi connectivity index (χ0) is 23.7. The number of hydrogen-bond donors (Lipinski definition) is 3. The van der Waals surface area contributed by atoms with Crippen molar-refractivity contribution in [2.75, 3.05) is 16.4 Å². The van der Waals surface area contributed by atoms with Crippen molar-refractivity contribution < 1.29 is 9.59 Å². The van der Waals surface area contributed by atoms with Crippen molar-refractivity contribution in [3.05, 3.63) is 77.2 Å². The number of amides is 2. The van der Waals surface area contributed by atoms with Crippen molar-refractivity contribution in [2.24, 2.45) is 0 Å². The van der Waals surface area contributed by atoms with Gasteiger partial charge < -0.3 is 20.9 Å². The van der Waals surface area contributed by atoms with E-state index in [0.29, 0.717) is 50.4 Å². The molecule has 0 spiro atoms. The second-order valence-electron chi connectivity index (χ2n) is 8.31. The van der Waals surface area contributed by atoms with E-state index in [1.165, 1.54) is 6.33 Å². The SMILES string of the molecule is Nc1ncnc2c1c(C(=O)c1ccc(NC(=O)Nc3ccccc3Cl)cc1)cn2C1CCCC1. The lowest BCUT2D eigenvalue weighted by atomic mass is 10.0. The van der Waals surface area contributed by atoms with Gasteiger partial charge in [0.25, 0.3) is 0 Å². The van der Waals surface area contributed by atoms with Crippen LogP contribution >= 0.6 is 11.6 Å². The Bertz CT molecular complexity index is 1380. The number of para-hydroxylation sites is 1.